The SMILES string of the molecule is CC(C)N1CCC(N2CCN(c3cccc(C(=O)Nc4ccncc4)n3)CCC2(O)O)CC1. The number of amides is 1. The number of piperidine rings is 1. The summed E-state index contributed by atoms with van der Waals surface area (Å²) in [7, 11) is 0. The second-order valence-corrected chi connectivity index (χ2v) is 9.14. The van der Waals surface area contributed by atoms with Gasteiger partial charge in [-0.1, -0.05) is 6.07 Å². The van der Waals surface area contributed by atoms with Crippen LogP contribution >= 0.6 is 0 Å². The third kappa shape index (κ3) is 5.67. The number of rotatable bonds is 5. The third-order valence-corrected chi connectivity index (χ3v) is 6.69. The minimum absolute atomic E-state index is 0.139. The van der Waals surface area contributed by atoms with Crippen LogP contribution in [-0.4, -0.2) is 86.6 Å². The fourth-order valence-electron chi connectivity index (χ4n) is 4.72. The van der Waals surface area contributed by atoms with E-state index in [0.29, 0.717) is 42.9 Å². The van der Waals surface area contributed by atoms with Gasteiger partial charge < -0.3 is 25.3 Å². The summed E-state index contributed by atoms with van der Waals surface area (Å²) in [6.45, 7) is 7.90. The Balaban J connectivity index is 1.42. The summed E-state index contributed by atoms with van der Waals surface area (Å²) in [5, 5.41) is 24.6. The van der Waals surface area contributed by atoms with Crippen LogP contribution in [0.5, 0.6) is 0 Å². The molecule has 2 aromatic rings. The first-order valence-electron chi connectivity index (χ1n) is 11.7. The Labute approximate surface area is 195 Å². The van der Waals surface area contributed by atoms with Crippen molar-refractivity contribution in [2.45, 2.75) is 51.1 Å². The minimum atomic E-state index is -1.85. The molecule has 4 rings (SSSR count). The lowest BCUT2D eigenvalue weighted by Crippen LogP contribution is -2.57. The Kier molecular flexibility index (Phi) is 7.23. The molecule has 0 saturated carbocycles. The first-order chi connectivity index (χ1) is 15.8. The van der Waals surface area contributed by atoms with Crippen LogP contribution in [0.25, 0.3) is 0 Å². The highest BCUT2D eigenvalue weighted by molar-refractivity contribution is 6.03. The normalized spacial score (nSPS) is 20.6. The van der Waals surface area contributed by atoms with Crippen molar-refractivity contribution in [1.29, 1.82) is 0 Å². The van der Waals surface area contributed by atoms with Gasteiger partial charge in [0, 0.05) is 56.2 Å². The molecule has 0 spiro atoms. The average Bonchev–Trinajstić information content (AvgIpc) is 2.97. The third-order valence-electron chi connectivity index (χ3n) is 6.69. The van der Waals surface area contributed by atoms with Crippen molar-refractivity contribution in [2.24, 2.45) is 0 Å². The number of likely N-dealkylation sites (tertiary alicyclic amines) is 1. The topological polar surface area (TPSA) is 105 Å². The molecule has 2 aliphatic rings. The van der Waals surface area contributed by atoms with E-state index >= 15 is 0 Å². The lowest BCUT2D eigenvalue weighted by Gasteiger charge is -2.44. The molecule has 1 amide bonds. The average molecular weight is 455 g/mol. The van der Waals surface area contributed by atoms with Gasteiger partial charge >= 0.3 is 0 Å². The van der Waals surface area contributed by atoms with Gasteiger partial charge in [0.1, 0.15) is 11.5 Å². The summed E-state index contributed by atoms with van der Waals surface area (Å²) >= 11 is 0. The smallest absolute Gasteiger partial charge is 0.274 e. The van der Waals surface area contributed by atoms with E-state index in [9.17, 15) is 15.0 Å². The van der Waals surface area contributed by atoms with Gasteiger partial charge in [-0.05, 0) is 64.0 Å². The molecule has 9 nitrogen and oxygen atoms in total. The Bertz CT molecular complexity index is 931. The summed E-state index contributed by atoms with van der Waals surface area (Å²) in [6.07, 6.45) is 5.26. The summed E-state index contributed by atoms with van der Waals surface area (Å²) < 4.78 is 0. The van der Waals surface area contributed by atoms with Crippen molar-refractivity contribution in [2.75, 3.05) is 42.9 Å². The number of hydrogen-bond donors (Lipinski definition) is 3. The Morgan fingerprint density at radius 2 is 1.79 bits per heavy atom. The maximum Gasteiger partial charge on any atom is 0.274 e. The molecule has 0 bridgehead atoms. The van der Waals surface area contributed by atoms with E-state index in [1.165, 1.54) is 0 Å². The molecule has 2 saturated heterocycles. The number of pyridine rings is 2. The van der Waals surface area contributed by atoms with E-state index in [1.807, 2.05) is 15.9 Å². The predicted molar refractivity (Wildman–Crippen MR) is 127 cm³/mol. The highest BCUT2D eigenvalue weighted by Gasteiger charge is 2.40. The van der Waals surface area contributed by atoms with E-state index in [0.717, 1.165) is 25.9 Å². The highest BCUT2D eigenvalue weighted by atomic mass is 16.5. The van der Waals surface area contributed by atoms with Crippen molar-refractivity contribution >= 4 is 17.4 Å². The number of anilines is 2. The lowest BCUT2D eigenvalue weighted by atomic mass is 10.0. The molecule has 178 valence electrons. The molecule has 33 heavy (non-hydrogen) atoms. The van der Waals surface area contributed by atoms with Gasteiger partial charge in [-0.15, -0.1) is 0 Å². The standard InChI is InChI=1S/C24H34N6O3/c1-18(2)28-13-8-20(9-14-28)30-17-16-29(15-10-24(30,32)33)22-5-3-4-21(27-22)23(31)26-19-6-11-25-12-7-19/h3-7,11-12,18,20,32-33H,8-10,13-17H2,1-2H3,(H,25,26,31). The zero-order valence-electron chi connectivity index (χ0n) is 19.4. The Morgan fingerprint density at radius 1 is 1.06 bits per heavy atom. The van der Waals surface area contributed by atoms with E-state index in [4.69, 9.17) is 0 Å². The second-order valence-electron chi connectivity index (χ2n) is 9.14. The molecule has 0 radical (unpaired) electrons. The van der Waals surface area contributed by atoms with Gasteiger partial charge in [-0.25, -0.2) is 9.88 Å². The van der Waals surface area contributed by atoms with E-state index in [-0.39, 0.29) is 18.4 Å². The molecule has 2 fully saturated rings. The van der Waals surface area contributed by atoms with Crippen LogP contribution in [-0.2, 0) is 0 Å². The van der Waals surface area contributed by atoms with Crippen molar-refractivity contribution in [3.8, 4) is 0 Å². The Morgan fingerprint density at radius 3 is 2.48 bits per heavy atom. The summed E-state index contributed by atoms with van der Waals surface area (Å²) in [5.41, 5.74) is 0.965. The quantitative estimate of drug-likeness (QED) is 0.587. The number of hydrogen-bond acceptors (Lipinski definition) is 8. The predicted octanol–water partition coefficient (Wildman–Crippen LogP) is 1.75. The van der Waals surface area contributed by atoms with Gasteiger partial charge in [0.25, 0.3) is 5.91 Å². The van der Waals surface area contributed by atoms with E-state index in [1.54, 1.807) is 36.7 Å². The van der Waals surface area contributed by atoms with Crippen molar-refractivity contribution < 1.29 is 15.0 Å². The van der Waals surface area contributed by atoms with Crippen LogP contribution in [0.15, 0.2) is 42.7 Å². The van der Waals surface area contributed by atoms with Gasteiger partial charge in [-0.3, -0.25) is 9.78 Å². The molecule has 3 N–H and O–H groups in total. The largest absolute Gasteiger partial charge is 0.355 e. The van der Waals surface area contributed by atoms with Gasteiger partial charge in [0.05, 0.1) is 0 Å². The van der Waals surface area contributed by atoms with Crippen LogP contribution in [0.2, 0.25) is 0 Å². The number of carbonyl (C=O) groups is 1. The number of carbonyl (C=O) groups excluding carboxylic acids is 1. The van der Waals surface area contributed by atoms with Crippen LogP contribution in [0.1, 0.15) is 43.6 Å². The summed E-state index contributed by atoms with van der Waals surface area (Å²) in [6, 6.07) is 9.43. The van der Waals surface area contributed by atoms with E-state index in [2.05, 4.69) is 34.0 Å². The van der Waals surface area contributed by atoms with Gasteiger partial charge in [-0.2, -0.15) is 0 Å². The number of aliphatic hydroxyl groups is 2. The van der Waals surface area contributed by atoms with Crippen LogP contribution in [0.3, 0.4) is 0 Å². The second kappa shape index (κ2) is 10.1. The number of aromatic nitrogens is 2. The van der Waals surface area contributed by atoms with Crippen molar-refractivity contribution in [3.63, 3.8) is 0 Å². The molecular formula is C24H34N6O3. The summed E-state index contributed by atoms with van der Waals surface area (Å²) in [4.78, 5) is 27.5. The molecule has 0 unspecified atom stereocenters. The monoisotopic (exact) mass is 454 g/mol. The Hall–Kier alpha value is -2.59. The first kappa shape index (κ1) is 23.6. The van der Waals surface area contributed by atoms with Gasteiger partial charge in [0.2, 0.25) is 5.91 Å². The zero-order valence-corrected chi connectivity index (χ0v) is 19.4. The van der Waals surface area contributed by atoms with E-state index < -0.39 is 5.91 Å². The molecule has 0 aromatic carbocycles. The van der Waals surface area contributed by atoms with Crippen LogP contribution in [0, 0.1) is 0 Å². The number of nitrogens with one attached hydrogen (secondary N) is 1. The summed E-state index contributed by atoms with van der Waals surface area (Å²) in [5.74, 6) is -1.49. The molecule has 0 atom stereocenters. The van der Waals surface area contributed by atoms with Gasteiger partial charge in [0.15, 0.2) is 0 Å². The van der Waals surface area contributed by atoms with Crippen LogP contribution < -0.4 is 10.2 Å². The highest BCUT2D eigenvalue weighted by Crippen LogP contribution is 2.28. The fraction of sp³-hybridized carbons (Fsp3) is 0.542. The van der Waals surface area contributed by atoms with Crippen molar-refractivity contribution in [1.82, 2.24) is 19.8 Å². The molecule has 9 heteroatoms. The molecule has 2 aliphatic heterocycles. The number of nitrogens with zero attached hydrogens (tertiary/aromatic N) is 5. The molecule has 4 heterocycles. The maximum atomic E-state index is 12.6. The molecule has 0 aliphatic carbocycles. The van der Waals surface area contributed by atoms with Crippen molar-refractivity contribution in [3.05, 3.63) is 48.4 Å². The fourth-order valence-corrected chi connectivity index (χ4v) is 4.72. The zero-order chi connectivity index (χ0) is 23.4. The minimum Gasteiger partial charge on any atom is -0.355 e. The van der Waals surface area contributed by atoms with Crippen LogP contribution in [0.4, 0.5) is 11.5 Å². The lowest BCUT2D eigenvalue weighted by molar-refractivity contribution is -0.276. The molecule has 2 aromatic heterocycles. The first-order valence-corrected chi connectivity index (χ1v) is 11.7. The maximum absolute atomic E-state index is 12.6. The molecular weight excluding hydrogens is 420 g/mol.